The van der Waals surface area contributed by atoms with Crippen LogP contribution in [0.1, 0.15) is 31.2 Å². The highest BCUT2D eigenvalue weighted by molar-refractivity contribution is 5.75. The van der Waals surface area contributed by atoms with Crippen LogP contribution in [0.5, 0.6) is 5.75 Å². The van der Waals surface area contributed by atoms with Gasteiger partial charge in [-0.3, -0.25) is 10.2 Å². The van der Waals surface area contributed by atoms with Gasteiger partial charge in [0, 0.05) is 50.4 Å². The Labute approximate surface area is 172 Å². The lowest BCUT2D eigenvalue weighted by Gasteiger charge is -2.41. The maximum Gasteiger partial charge on any atom is 0.573 e. The lowest BCUT2D eigenvalue weighted by Crippen LogP contribution is -2.57. The van der Waals surface area contributed by atoms with E-state index in [1.807, 2.05) is 4.90 Å². The van der Waals surface area contributed by atoms with Gasteiger partial charge in [0.1, 0.15) is 11.6 Å². The van der Waals surface area contributed by atoms with Crippen LogP contribution >= 0.6 is 0 Å². The van der Waals surface area contributed by atoms with Crippen molar-refractivity contribution in [3.05, 3.63) is 29.6 Å². The topological polar surface area (TPSA) is 77.1 Å². The SMILES string of the molecule is CNC(=O)N(C1CC1)[C@@H]1CCCN(C(O)NCc2ccc(OC(F)(F)F)cc2F)C1. The Kier molecular flexibility index (Phi) is 7.04. The highest BCUT2D eigenvalue weighted by atomic mass is 19.4. The molecule has 0 bridgehead atoms. The first-order valence-electron chi connectivity index (χ1n) is 9.87. The van der Waals surface area contributed by atoms with E-state index in [1.54, 1.807) is 11.9 Å². The molecule has 3 rings (SSSR count). The molecule has 1 aromatic rings. The number of carbonyl (C=O) groups excluding carboxylic acids is 1. The van der Waals surface area contributed by atoms with Crippen LogP contribution in [-0.4, -0.2) is 65.9 Å². The first kappa shape index (κ1) is 22.6. The van der Waals surface area contributed by atoms with E-state index in [-0.39, 0.29) is 30.2 Å². The zero-order valence-corrected chi connectivity index (χ0v) is 16.6. The zero-order valence-electron chi connectivity index (χ0n) is 16.6. The van der Waals surface area contributed by atoms with Gasteiger partial charge in [0.05, 0.1) is 0 Å². The van der Waals surface area contributed by atoms with Crippen LogP contribution in [0.25, 0.3) is 0 Å². The van der Waals surface area contributed by atoms with E-state index in [0.29, 0.717) is 19.2 Å². The molecule has 11 heteroatoms. The lowest BCUT2D eigenvalue weighted by atomic mass is 10.0. The zero-order chi connectivity index (χ0) is 21.9. The van der Waals surface area contributed by atoms with Gasteiger partial charge in [-0.05, 0) is 31.7 Å². The van der Waals surface area contributed by atoms with E-state index in [4.69, 9.17) is 0 Å². The molecule has 1 saturated heterocycles. The third-order valence-electron chi connectivity index (χ3n) is 5.29. The number of aliphatic hydroxyl groups excluding tert-OH is 1. The standard InChI is InChI=1S/C19H26F4N4O3/c1-24-17(28)27(13-5-6-13)14-3-2-8-26(11-14)18(29)25-10-12-4-7-15(9-16(12)20)30-19(21,22)23/h4,7,9,13-14,18,25,29H,2-3,5-6,8,10-11H2,1H3,(H,24,28)/t14-,18?/m1/s1. The second kappa shape index (κ2) is 9.36. The summed E-state index contributed by atoms with van der Waals surface area (Å²) < 4.78 is 54.4. The first-order valence-corrected chi connectivity index (χ1v) is 9.87. The summed E-state index contributed by atoms with van der Waals surface area (Å²) in [5, 5.41) is 15.9. The number of urea groups is 1. The molecule has 3 N–H and O–H groups in total. The van der Waals surface area contributed by atoms with E-state index in [0.717, 1.165) is 31.7 Å². The van der Waals surface area contributed by atoms with Gasteiger partial charge in [-0.1, -0.05) is 6.07 Å². The van der Waals surface area contributed by atoms with Gasteiger partial charge in [0.2, 0.25) is 0 Å². The molecule has 7 nitrogen and oxygen atoms in total. The van der Waals surface area contributed by atoms with Crippen LogP contribution in [0.3, 0.4) is 0 Å². The summed E-state index contributed by atoms with van der Waals surface area (Å²) in [6, 6.07) is 2.92. The van der Waals surface area contributed by atoms with Crippen molar-refractivity contribution in [2.24, 2.45) is 0 Å². The Morgan fingerprint density at radius 1 is 1.33 bits per heavy atom. The Bertz CT molecular complexity index is 745. The number of hydrogen-bond acceptors (Lipinski definition) is 5. The molecule has 0 radical (unpaired) electrons. The highest BCUT2D eigenvalue weighted by Crippen LogP contribution is 2.31. The van der Waals surface area contributed by atoms with Crippen molar-refractivity contribution in [3.8, 4) is 5.75 Å². The van der Waals surface area contributed by atoms with Gasteiger partial charge in [-0.25, -0.2) is 9.18 Å². The second-order valence-corrected chi connectivity index (χ2v) is 7.54. The predicted octanol–water partition coefficient (Wildman–Crippen LogP) is 2.36. The quantitative estimate of drug-likeness (QED) is 0.454. The van der Waals surface area contributed by atoms with Crippen LogP contribution in [0.4, 0.5) is 22.4 Å². The summed E-state index contributed by atoms with van der Waals surface area (Å²) in [5.74, 6) is -1.51. The monoisotopic (exact) mass is 434 g/mol. The van der Waals surface area contributed by atoms with E-state index in [2.05, 4.69) is 15.4 Å². The third-order valence-corrected chi connectivity index (χ3v) is 5.29. The molecule has 1 heterocycles. The molecule has 2 aliphatic rings. The minimum absolute atomic E-state index is 0.0295. The Morgan fingerprint density at radius 3 is 2.67 bits per heavy atom. The smallest absolute Gasteiger partial charge is 0.406 e. The maximum absolute atomic E-state index is 14.1. The van der Waals surface area contributed by atoms with Crippen molar-refractivity contribution in [1.82, 2.24) is 20.4 Å². The molecule has 1 aromatic carbocycles. The molecular formula is C19H26F4N4O3. The molecule has 1 aliphatic carbocycles. The van der Waals surface area contributed by atoms with Gasteiger partial charge in [0.15, 0.2) is 6.35 Å². The van der Waals surface area contributed by atoms with E-state index < -0.39 is 24.3 Å². The number of hydrogen-bond donors (Lipinski definition) is 3. The van der Waals surface area contributed by atoms with Gasteiger partial charge in [-0.15, -0.1) is 13.2 Å². The van der Waals surface area contributed by atoms with Gasteiger partial charge < -0.3 is 20.1 Å². The van der Waals surface area contributed by atoms with Crippen LogP contribution in [0.2, 0.25) is 0 Å². The Morgan fingerprint density at radius 2 is 2.07 bits per heavy atom. The molecule has 168 valence electrons. The summed E-state index contributed by atoms with van der Waals surface area (Å²) in [5.41, 5.74) is 0.0992. The van der Waals surface area contributed by atoms with Crippen molar-refractivity contribution in [2.45, 2.75) is 57.0 Å². The van der Waals surface area contributed by atoms with Crippen LogP contribution in [0.15, 0.2) is 18.2 Å². The van der Waals surface area contributed by atoms with Crippen molar-refractivity contribution in [2.75, 3.05) is 20.1 Å². The number of nitrogens with one attached hydrogen (secondary N) is 2. The van der Waals surface area contributed by atoms with E-state index >= 15 is 0 Å². The summed E-state index contributed by atoms with van der Waals surface area (Å²) in [4.78, 5) is 15.8. The molecule has 2 amide bonds. The van der Waals surface area contributed by atoms with Crippen LogP contribution in [0, 0.1) is 5.82 Å². The number of piperidine rings is 1. The van der Waals surface area contributed by atoms with Crippen molar-refractivity contribution >= 4 is 6.03 Å². The van der Waals surface area contributed by atoms with Crippen molar-refractivity contribution < 1.29 is 32.2 Å². The number of ether oxygens (including phenoxy) is 1. The summed E-state index contributed by atoms with van der Waals surface area (Å²) in [6.45, 7) is 0.999. The average molecular weight is 434 g/mol. The maximum atomic E-state index is 14.1. The highest BCUT2D eigenvalue weighted by Gasteiger charge is 2.39. The number of alkyl halides is 3. The fourth-order valence-corrected chi connectivity index (χ4v) is 3.74. The number of amides is 2. The molecule has 2 fully saturated rings. The van der Waals surface area contributed by atoms with Gasteiger partial charge in [-0.2, -0.15) is 0 Å². The van der Waals surface area contributed by atoms with Gasteiger partial charge in [0.25, 0.3) is 0 Å². The Balaban J connectivity index is 1.55. The van der Waals surface area contributed by atoms with E-state index in [9.17, 15) is 27.5 Å². The number of benzene rings is 1. The normalized spacial score (nSPS) is 21.2. The lowest BCUT2D eigenvalue weighted by molar-refractivity contribution is -0.274. The average Bonchev–Trinajstić information content (AvgIpc) is 3.51. The van der Waals surface area contributed by atoms with Gasteiger partial charge >= 0.3 is 12.4 Å². The summed E-state index contributed by atoms with van der Waals surface area (Å²) in [7, 11) is 1.59. The predicted molar refractivity (Wildman–Crippen MR) is 99.8 cm³/mol. The number of nitrogens with zero attached hydrogens (tertiary/aromatic N) is 2. The van der Waals surface area contributed by atoms with Crippen molar-refractivity contribution in [3.63, 3.8) is 0 Å². The Hall–Kier alpha value is -2.11. The number of aliphatic hydroxyl groups is 1. The largest absolute Gasteiger partial charge is 0.573 e. The number of rotatable bonds is 7. The second-order valence-electron chi connectivity index (χ2n) is 7.54. The van der Waals surface area contributed by atoms with Crippen LogP contribution in [-0.2, 0) is 6.54 Å². The minimum atomic E-state index is -4.89. The van der Waals surface area contributed by atoms with Crippen molar-refractivity contribution in [1.29, 1.82) is 0 Å². The fourth-order valence-electron chi connectivity index (χ4n) is 3.74. The molecule has 1 unspecified atom stereocenters. The third kappa shape index (κ3) is 5.96. The molecule has 1 saturated carbocycles. The first-order chi connectivity index (χ1) is 14.2. The molecule has 30 heavy (non-hydrogen) atoms. The minimum Gasteiger partial charge on any atom is -0.406 e. The number of halogens is 4. The summed E-state index contributed by atoms with van der Waals surface area (Å²) in [6.07, 6.45) is -2.40. The molecule has 1 aliphatic heterocycles. The fraction of sp³-hybridized carbons (Fsp3) is 0.632. The van der Waals surface area contributed by atoms with Crippen LogP contribution < -0.4 is 15.4 Å². The van der Waals surface area contributed by atoms with E-state index in [1.165, 1.54) is 6.07 Å². The molecule has 0 spiro atoms. The molecule has 2 atom stereocenters. The molecule has 0 aromatic heterocycles. The summed E-state index contributed by atoms with van der Waals surface area (Å²) >= 11 is 0. The number of likely N-dealkylation sites (tertiary alicyclic amines) is 1. The number of carbonyl (C=O) groups is 1. The molecular weight excluding hydrogens is 408 g/mol.